The van der Waals surface area contributed by atoms with Crippen LogP contribution in [0.25, 0.3) is 0 Å². The number of carbonyl (C=O) groups is 2. The monoisotopic (exact) mass is 333 g/mol. The van der Waals surface area contributed by atoms with Crippen molar-refractivity contribution in [2.45, 2.75) is 25.4 Å². The molecule has 0 aromatic heterocycles. The van der Waals surface area contributed by atoms with Crippen LogP contribution in [0, 0.1) is 0 Å². The van der Waals surface area contributed by atoms with E-state index in [9.17, 15) is 22.8 Å². The fraction of sp³-hybridized carbons (Fsp3) is 0.467. The van der Waals surface area contributed by atoms with Gasteiger partial charge in [0.1, 0.15) is 6.61 Å². The molecule has 0 spiro atoms. The van der Waals surface area contributed by atoms with Gasteiger partial charge >= 0.3 is 12.1 Å². The van der Waals surface area contributed by atoms with Crippen molar-refractivity contribution >= 4 is 11.9 Å². The zero-order valence-corrected chi connectivity index (χ0v) is 12.5. The average molecular weight is 333 g/mol. The molecule has 1 unspecified atom stereocenters. The predicted octanol–water partition coefficient (Wildman–Crippen LogP) is 2.42. The summed E-state index contributed by atoms with van der Waals surface area (Å²) < 4.78 is 43.5. The lowest BCUT2D eigenvalue weighted by atomic mass is 9.92. The Hall–Kier alpha value is -2.09. The van der Waals surface area contributed by atoms with Crippen LogP contribution < -0.4 is 5.32 Å². The van der Waals surface area contributed by atoms with Gasteiger partial charge in [0.15, 0.2) is 0 Å². The van der Waals surface area contributed by atoms with Crippen molar-refractivity contribution in [3.63, 3.8) is 0 Å². The molecule has 8 heteroatoms. The molecule has 1 aromatic rings. The highest BCUT2D eigenvalue weighted by atomic mass is 19.4. The molecule has 0 saturated heterocycles. The molecule has 1 atom stereocenters. The van der Waals surface area contributed by atoms with E-state index in [0.29, 0.717) is 0 Å². The summed E-state index contributed by atoms with van der Waals surface area (Å²) in [6.45, 7) is 1.20. The topological polar surface area (TPSA) is 75.6 Å². The van der Waals surface area contributed by atoms with Gasteiger partial charge in [0.25, 0.3) is 0 Å². The first-order chi connectivity index (χ1) is 10.7. The van der Waals surface area contributed by atoms with Gasteiger partial charge < -0.3 is 15.2 Å². The second kappa shape index (κ2) is 8.52. The predicted molar refractivity (Wildman–Crippen MR) is 75.9 cm³/mol. The number of rotatable bonds is 8. The molecular weight excluding hydrogens is 315 g/mol. The Morgan fingerprint density at radius 2 is 1.96 bits per heavy atom. The van der Waals surface area contributed by atoms with Crippen molar-refractivity contribution in [3.8, 4) is 0 Å². The van der Waals surface area contributed by atoms with E-state index in [2.05, 4.69) is 5.32 Å². The molecule has 23 heavy (non-hydrogen) atoms. The number of aliphatic carboxylic acids is 1. The van der Waals surface area contributed by atoms with Crippen LogP contribution in [0.3, 0.4) is 0 Å². The maximum Gasteiger partial charge on any atom is 0.416 e. The molecule has 2 N–H and O–H groups in total. The number of ether oxygens (including phenoxy) is 1. The Labute approximate surface area is 131 Å². The second-order valence-electron chi connectivity index (χ2n) is 4.99. The Bertz CT molecular complexity index is 546. The van der Waals surface area contributed by atoms with E-state index < -0.39 is 36.1 Å². The lowest BCUT2D eigenvalue weighted by Crippen LogP contribution is -2.29. The summed E-state index contributed by atoms with van der Waals surface area (Å²) in [4.78, 5) is 21.9. The highest BCUT2D eigenvalue weighted by Crippen LogP contribution is 2.35. The number of carbonyl (C=O) groups excluding carboxylic acids is 1. The van der Waals surface area contributed by atoms with Crippen molar-refractivity contribution < 1.29 is 32.6 Å². The van der Waals surface area contributed by atoms with E-state index in [1.807, 2.05) is 0 Å². The normalized spacial score (nSPS) is 12.7. The third kappa shape index (κ3) is 6.68. The largest absolute Gasteiger partial charge is 0.480 e. The first-order valence-electron chi connectivity index (χ1n) is 6.94. The minimum absolute atomic E-state index is 0.0194. The molecule has 5 nitrogen and oxygen atoms in total. The van der Waals surface area contributed by atoms with Crippen molar-refractivity contribution in [3.05, 3.63) is 35.4 Å². The van der Waals surface area contributed by atoms with Gasteiger partial charge in [-0.2, -0.15) is 13.2 Å². The van der Waals surface area contributed by atoms with Crippen LogP contribution in [0.4, 0.5) is 13.2 Å². The number of amides is 1. The van der Waals surface area contributed by atoms with Crippen molar-refractivity contribution in [1.29, 1.82) is 0 Å². The van der Waals surface area contributed by atoms with Crippen LogP contribution in [0.15, 0.2) is 24.3 Å². The number of hydrogen-bond donors (Lipinski definition) is 2. The molecule has 1 aromatic carbocycles. The van der Waals surface area contributed by atoms with Crippen LogP contribution in [0.2, 0.25) is 0 Å². The van der Waals surface area contributed by atoms with Gasteiger partial charge in [0, 0.05) is 13.0 Å². The molecule has 1 amide bonds. The van der Waals surface area contributed by atoms with Crippen LogP contribution in [0.5, 0.6) is 0 Å². The Morgan fingerprint density at radius 3 is 2.57 bits per heavy atom. The fourth-order valence-electron chi connectivity index (χ4n) is 2.07. The fourth-order valence-corrected chi connectivity index (χ4v) is 2.07. The van der Waals surface area contributed by atoms with Crippen LogP contribution in [0.1, 0.15) is 30.4 Å². The summed E-state index contributed by atoms with van der Waals surface area (Å²) in [5.74, 6) is -2.14. The Morgan fingerprint density at radius 1 is 1.30 bits per heavy atom. The van der Waals surface area contributed by atoms with Crippen molar-refractivity contribution in [2.24, 2.45) is 0 Å². The number of benzene rings is 1. The number of nitrogens with one attached hydrogen (secondary N) is 1. The molecular formula is C15H18F3NO4. The van der Waals surface area contributed by atoms with Gasteiger partial charge in [-0.15, -0.1) is 0 Å². The maximum atomic E-state index is 12.9. The summed E-state index contributed by atoms with van der Waals surface area (Å²) in [7, 11) is 0. The van der Waals surface area contributed by atoms with Crippen molar-refractivity contribution in [1.82, 2.24) is 5.32 Å². The maximum absolute atomic E-state index is 12.9. The molecule has 0 bridgehead atoms. The lowest BCUT2D eigenvalue weighted by Gasteiger charge is -2.18. The minimum Gasteiger partial charge on any atom is -0.480 e. The minimum atomic E-state index is -4.47. The summed E-state index contributed by atoms with van der Waals surface area (Å²) in [5, 5.41) is 10.8. The summed E-state index contributed by atoms with van der Waals surface area (Å²) in [6, 6.07) is 5.15. The molecule has 0 aliphatic carbocycles. The molecule has 0 heterocycles. The van der Waals surface area contributed by atoms with Gasteiger partial charge in [0.05, 0.1) is 12.2 Å². The number of hydrogen-bond acceptors (Lipinski definition) is 3. The summed E-state index contributed by atoms with van der Waals surface area (Å²) in [5.41, 5.74) is -0.678. The van der Waals surface area contributed by atoms with Gasteiger partial charge in [0.2, 0.25) is 5.91 Å². The number of alkyl halides is 3. The third-order valence-electron chi connectivity index (χ3n) is 3.08. The van der Waals surface area contributed by atoms with E-state index in [1.54, 1.807) is 6.92 Å². The van der Waals surface area contributed by atoms with E-state index in [0.717, 1.165) is 6.07 Å². The molecule has 0 fully saturated rings. The first kappa shape index (κ1) is 19.0. The van der Waals surface area contributed by atoms with E-state index in [4.69, 9.17) is 9.84 Å². The first-order valence-corrected chi connectivity index (χ1v) is 6.94. The van der Waals surface area contributed by atoms with Gasteiger partial charge in [-0.1, -0.05) is 25.1 Å². The van der Waals surface area contributed by atoms with Crippen LogP contribution >= 0.6 is 0 Å². The molecule has 1 rings (SSSR count). The molecule has 128 valence electrons. The van der Waals surface area contributed by atoms with Crippen molar-refractivity contribution in [2.75, 3.05) is 19.8 Å². The molecule has 0 aliphatic heterocycles. The van der Waals surface area contributed by atoms with Gasteiger partial charge in [-0.05, 0) is 17.5 Å². The van der Waals surface area contributed by atoms with Gasteiger partial charge in [-0.25, -0.2) is 4.79 Å². The second-order valence-corrected chi connectivity index (χ2v) is 4.99. The molecule has 0 radical (unpaired) electrons. The number of carboxylic acids is 1. The highest BCUT2D eigenvalue weighted by Gasteiger charge is 2.34. The smallest absolute Gasteiger partial charge is 0.416 e. The highest BCUT2D eigenvalue weighted by molar-refractivity contribution is 5.76. The van der Waals surface area contributed by atoms with Crippen LogP contribution in [-0.2, 0) is 20.5 Å². The van der Waals surface area contributed by atoms with E-state index in [-0.39, 0.29) is 25.1 Å². The Kier molecular flexibility index (Phi) is 7.02. The van der Waals surface area contributed by atoms with Crippen LogP contribution in [-0.4, -0.2) is 36.7 Å². The van der Waals surface area contributed by atoms with E-state index >= 15 is 0 Å². The summed E-state index contributed by atoms with van der Waals surface area (Å²) in [6.07, 6.45) is -4.57. The molecule has 0 saturated carbocycles. The average Bonchev–Trinajstić information content (AvgIpc) is 2.45. The quantitative estimate of drug-likeness (QED) is 0.717. The Balaban J connectivity index is 2.52. The van der Waals surface area contributed by atoms with Gasteiger partial charge in [-0.3, -0.25) is 4.79 Å². The third-order valence-corrected chi connectivity index (χ3v) is 3.08. The summed E-state index contributed by atoms with van der Waals surface area (Å²) >= 11 is 0. The standard InChI is InChI=1S/C15H18F3NO4/c1-10(8-13(20)19-6-7-23-9-14(21)22)11-4-2-3-5-12(11)15(16,17)18/h2-5,10H,6-9H2,1H3,(H,19,20)(H,21,22). The number of halogens is 3. The number of carboxylic acid groups (broad SMARTS) is 1. The van der Waals surface area contributed by atoms with E-state index in [1.165, 1.54) is 18.2 Å². The SMILES string of the molecule is CC(CC(=O)NCCOCC(=O)O)c1ccccc1C(F)(F)F. The lowest BCUT2D eigenvalue weighted by molar-refractivity contribution is -0.142. The molecule has 0 aliphatic rings. The zero-order valence-electron chi connectivity index (χ0n) is 12.5. The zero-order chi connectivity index (χ0) is 17.5.